The van der Waals surface area contributed by atoms with Crippen LogP contribution < -0.4 is 10.6 Å². The van der Waals surface area contributed by atoms with Crippen LogP contribution in [0.3, 0.4) is 0 Å². The van der Waals surface area contributed by atoms with Gasteiger partial charge in [-0.1, -0.05) is 20.8 Å². The highest BCUT2D eigenvalue weighted by Crippen LogP contribution is 2.30. The van der Waals surface area contributed by atoms with E-state index in [4.69, 9.17) is 0 Å². The average Bonchev–Trinajstić information content (AvgIpc) is 2.93. The fourth-order valence-electron chi connectivity index (χ4n) is 3.95. The van der Waals surface area contributed by atoms with Gasteiger partial charge in [0.1, 0.15) is 23.5 Å². The molecule has 0 saturated carbocycles. The summed E-state index contributed by atoms with van der Waals surface area (Å²) in [5.41, 5.74) is 0.398. The molecule has 0 fully saturated rings. The van der Waals surface area contributed by atoms with Gasteiger partial charge in [-0.3, -0.25) is 9.59 Å². The van der Waals surface area contributed by atoms with Gasteiger partial charge in [-0.05, 0) is 50.0 Å². The highest BCUT2D eigenvalue weighted by molar-refractivity contribution is 5.97. The molecular weight excluding hydrogens is 416 g/mol. The molecule has 1 aliphatic heterocycles. The van der Waals surface area contributed by atoms with E-state index >= 15 is 0 Å². The number of hydrogen-bond acceptors (Lipinski definition) is 4. The smallest absolute Gasteiger partial charge is 0.272 e. The minimum absolute atomic E-state index is 0.0108. The highest BCUT2D eigenvalue weighted by atomic mass is 19.1. The number of likely N-dealkylation sites (N-methyl/N-ethyl adjacent to an activating group) is 1. The number of aromatic nitrogens is 2. The van der Waals surface area contributed by atoms with E-state index in [1.807, 2.05) is 32.7 Å². The number of carbonyl (C=O) groups excluding carboxylic acids is 2. The van der Waals surface area contributed by atoms with Crippen LogP contribution in [0.4, 0.5) is 8.78 Å². The topological polar surface area (TPSA) is 79.3 Å². The molecule has 0 aliphatic carbocycles. The quantitative estimate of drug-likeness (QED) is 0.756. The molecule has 0 radical (unpaired) electrons. The fourth-order valence-corrected chi connectivity index (χ4v) is 3.95. The Morgan fingerprint density at radius 1 is 1.16 bits per heavy atom. The molecule has 1 aliphatic rings. The lowest BCUT2D eigenvalue weighted by Gasteiger charge is -2.29. The first-order valence-corrected chi connectivity index (χ1v) is 10.7. The zero-order valence-corrected chi connectivity index (χ0v) is 19.5. The summed E-state index contributed by atoms with van der Waals surface area (Å²) in [7, 11) is 3.44. The van der Waals surface area contributed by atoms with E-state index in [9.17, 15) is 18.4 Å². The number of amides is 2. The van der Waals surface area contributed by atoms with Crippen LogP contribution in [0.1, 0.15) is 48.9 Å². The number of nitrogens with one attached hydrogen (secondary N) is 2. The van der Waals surface area contributed by atoms with Gasteiger partial charge in [0, 0.05) is 20.1 Å². The maximum Gasteiger partial charge on any atom is 0.272 e. The Bertz CT molecular complexity index is 1040. The van der Waals surface area contributed by atoms with Gasteiger partial charge in [0.05, 0.1) is 11.3 Å². The summed E-state index contributed by atoms with van der Waals surface area (Å²) in [6.07, 6.45) is 0.771. The molecule has 32 heavy (non-hydrogen) atoms. The van der Waals surface area contributed by atoms with E-state index in [1.54, 1.807) is 4.57 Å². The lowest BCUT2D eigenvalue weighted by atomic mass is 9.86. The largest absolute Gasteiger partial charge is 0.357 e. The van der Waals surface area contributed by atoms with Crippen LogP contribution in [0.2, 0.25) is 0 Å². The van der Waals surface area contributed by atoms with Crippen molar-refractivity contribution in [2.75, 3.05) is 20.6 Å². The van der Waals surface area contributed by atoms with Crippen LogP contribution in [0, 0.1) is 24.0 Å². The van der Waals surface area contributed by atoms with Crippen molar-refractivity contribution in [1.82, 2.24) is 25.1 Å². The molecule has 2 heterocycles. The van der Waals surface area contributed by atoms with Gasteiger partial charge in [-0.25, -0.2) is 13.8 Å². The van der Waals surface area contributed by atoms with Crippen molar-refractivity contribution in [3.05, 3.63) is 40.7 Å². The Labute approximate surface area is 187 Å². The first-order chi connectivity index (χ1) is 14.9. The summed E-state index contributed by atoms with van der Waals surface area (Å²) in [4.78, 5) is 32.2. The number of fused-ring (bicyclic) bond motifs is 1. The highest BCUT2D eigenvalue weighted by Gasteiger charge is 2.35. The summed E-state index contributed by atoms with van der Waals surface area (Å²) in [5, 5.41) is 5.38. The predicted octanol–water partition coefficient (Wildman–Crippen LogP) is 2.86. The third-order valence-corrected chi connectivity index (χ3v) is 5.77. The molecule has 7 nitrogen and oxygen atoms in total. The van der Waals surface area contributed by atoms with Crippen molar-refractivity contribution in [3.8, 4) is 11.4 Å². The van der Waals surface area contributed by atoms with Crippen molar-refractivity contribution in [1.29, 1.82) is 0 Å². The number of benzene rings is 1. The summed E-state index contributed by atoms with van der Waals surface area (Å²) >= 11 is 0. The van der Waals surface area contributed by atoms with Gasteiger partial charge in [0.15, 0.2) is 5.69 Å². The Morgan fingerprint density at radius 2 is 1.84 bits per heavy atom. The second kappa shape index (κ2) is 8.97. The van der Waals surface area contributed by atoms with Crippen molar-refractivity contribution >= 4 is 11.8 Å². The SMILES string of the molecule is CNC(=O)C(NC(=O)c1nc(-c2cc(F)c(C)cc2F)n2c1CN(C)CCC2)C(C)(C)C. The molecule has 0 saturated heterocycles. The molecule has 1 atom stereocenters. The number of nitrogens with zero attached hydrogens (tertiary/aromatic N) is 3. The summed E-state index contributed by atoms with van der Waals surface area (Å²) in [6, 6.07) is 1.47. The van der Waals surface area contributed by atoms with E-state index in [0.29, 0.717) is 18.8 Å². The first-order valence-electron chi connectivity index (χ1n) is 10.7. The second-order valence-electron chi connectivity index (χ2n) is 9.44. The summed E-state index contributed by atoms with van der Waals surface area (Å²) in [6.45, 7) is 8.77. The third kappa shape index (κ3) is 4.67. The van der Waals surface area contributed by atoms with Crippen molar-refractivity contribution in [2.45, 2.75) is 53.2 Å². The third-order valence-electron chi connectivity index (χ3n) is 5.77. The lowest BCUT2D eigenvalue weighted by Crippen LogP contribution is -2.53. The molecule has 0 spiro atoms. The second-order valence-corrected chi connectivity index (χ2v) is 9.44. The number of hydrogen-bond donors (Lipinski definition) is 2. The van der Waals surface area contributed by atoms with Gasteiger partial charge >= 0.3 is 0 Å². The van der Waals surface area contributed by atoms with Crippen molar-refractivity contribution in [2.24, 2.45) is 5.41 Å². The normalized spacial score (nSPS) is 15.6. The van der Waals surface area contributed by atoms with Gasteiger partial charge in [0.25, 0.3) is 5.91 Å². The number of rotatable bonds is 4. The monoisotopic (exact) mass is 447 g/mol. The minimum Gasteiger partial charge on any atom is -0.357 e. The summed E-state index contributed by atoms with van der Waals surface area (Å²) in [5.74, 6) is -1.77. The Kier molecular flexibility index (Phi) is 6.69. The van der Waals surface area contributed by atoms with Crippen molar-refractivity contribution < 1.29 is 18.4 Å². The minimum atomic E-state index is -0.794. The van der Waals surface area contributed by atoms with E-state index in [-0.39, 0.29) is 28.6 Å². The zero-order chi connectivity index (χ0) is 23.8. The Balaban J connectivity index is 2.12. The lowest BCUT2D eigenvalue weighted by molar-refractivity contribution is -0.124. The maximum atomic E-state index is 14.8. The van der Waals surface area contributed by atoms with Crippen LogP contribution >= 0.6 is 0 Å². The van der Waals surface area contributed by atoms with Crippen LogP contribution in [0.5, 0.6) is 0 Å². The standard InChI is InChI=1S/C23H31F2N5O2/c1-13-10-16(25)14(11-15(13)24)20-27-18(17-12-29(6)8-7-9-30(17)20)21(31)28-19(22(32)26-5)23(2,3)4/h10-11,19H,7-9,12H2,1-6H3,(H,26,32)(H,28,31). The van der Waals surface area contributed by atoms with Gasteiger partial charge in [-0.2, -0.15) is 0 Å². The van der Waals surface area contributed by atoms with Crippen molar-refractivity contribution in [3.63, 3.8) is 0 Å². The van der Waals surface area contributed by atoms with E-state index < -0.39 is 29.0 Å². The Hall–Kier alpha value is -2.81. The van der Waals surface area contributed by atoms with E-state index in [2.05, 4.69) is 15.6 Å². The average molecular weight is 448 g/mol. The molecule has 2 amide bonds. The molecule has 1 aromatic heterocycles. The predicted molar refractivity (Wildman–Crippen MR) is 118 cm³/mol. The maximum absolute atomic E-state index is 14.8. The molecule has 2 aromatic rings. The number of halogens is 2. The molecular formula is C23H31F2N5O2. The van der Waals surface area contributed by atoms with Gasteiger partial charge in [0.2, 0.25) is 5.91 Å². The molecule has 1 unspecified atom stereocenters. The van der Waals surface area contributed by atoms with E-state index in [0.717, 1.165) is 25.1 Å². The first kappa shape index (κ1) is 23.8. The summed E-state index contributed by atoms with van der Waals surface area (Å²) < 4.78 is 30.9. The number of imidazole rings is 1. The van der Waals surface area contributed by atoms with E-state index in [1.165, 1.54) is 14.0 Å². The molecule has 0 bridgehead atoms. The molecule has 9 heteroatoms. The van der Waals surface area contributed by atoms with Crippen LogP contribution in [-0.4, -0.2) is 52.9 Å². The molecule has 174 valence electrons. The van der Waals surface area contributed by atoms with Crippen LogP contribution in [0.25, 0.3) is 11.4 Å². The van der Waals surface area contributed by atoms with Crippen LogP contribution in [-0.2, 0) is 17.9 Å². The number of aryl methyl sites for hydroxylation is 1. The molecule has 3 rings (SSSR count). The zero-order valence-electron chi connectivity index (χ0n) is 19.5. The van der Waals surface area contributed by atoms with Crippen LogP contribution in [0.15, 0.2) is 12.1 Å². The van der Waals surface area contributed by atoms with Gasteiger partial charge < -0.3 is 20.1 Å². The molecule has 2 N–H and O–H groups in total. The molecule has 1 aromatic carbocycles. The Morgan fingerprint density at radius 3 is 2.47 bits per heavy atom. The number of carbonyl (C=O) groups is 2. The fraction of sp³-hybridized carbons (Fsp3) is 0.522. The van der Waals surface area contributed by atoms with Gasteiger partial charge in [-0.15, -0.1) is 0 Å².